The van der Waals surface area contributed by atoms with Crippen LogP contribution in [0.3, 0.4) is 0 Å². The molecule has 0 atom stereocenters. The van der Waals surface area contributed by atoms with Gasteiger partial charge in [0, 0.05) is 35.9 Å². The van der Waals surface area contributed by atoms with E-state index in [-0.39, 0.29) is 17.7 Å². The van der Waals surface area contributed by atoms with Crippen molar-refractivity contribution in [1.82, 2.24) is 5.32 Å². The number of fused-ring (bicyclic) bond motifs is 1. The SMILES string of the molecule is O=C(Nc1ccc(NC(=O)C2CC2)cc1)c1ccc2c(c1)CNC2. The largest absolute Gasteiger partial charge is 0.326 e. The molecule has 5 nitrogen and oxygen atoms in total. The van der Waals surface area contributed by atoms with E-state index in [9.17, 15) is 9.59 Å². The van der Waals surface area contributed by atoms with Gasteiger partial charge < -0.3 is 16.0 Å². The maximum absolute atomic E-state index is 12.4. The average Bonchev–Trinajstić information content (AvgIpc) is 3.34. The number of rotatable bonds is 4. The number of benzene rings is 2. The monoisotopic (exact) mass is 321 g/mol. The van der Waals surface area contributed by atoms with Gasteiger partial charge in [-0.05, 0) is 60.4 Å². The minimum absolute atomic E-state index is 0.0820. The molecule has 0 saturated heterocycles. The Labute approximate surface area is 140 Å². The zero-order chi connectivity index (χ0) is 16.5. The molecule has 2 aromatic rings. The van der Waals surface area contributed by atoms with E-state index >= 15 is 0 Å². The number of carbonyl (C=O) groups excluding carboxylic acids is 2. The molecule has 4 rings (SSSR count). The molecule has 1 aliphatic carbocycles. The third-order valence-corrected chi connectivity index (χ3v) is 4.46. The fourth-order valence-corrected chi connectivity index (χ4v) is 2.87. The number of hydrogen-bond donors (Lipinski definition) is 3. The normalized spacial score (nSPS) is 15.7. The topological polar surface area (TPSA) is 70.2 Å². The highest BCUT2D eigenvalue weighted by molar-refractivity contribution is 6.04. The first-order valence-electron chi connectivity index (χ1n) is 8.24. The van der Waals surface area contributed by atoms with Crippen LogP contribution in [0.1, 0.15) is 34.3 Å². The number of nitrogens with one attached hydrogen (secondary N) is 3. The van der Waals surface area contributed by atoms with Gasteiger partial charge in [0.25, 0.3) is 5.91 Å². The van der Waals surface area contributed by atoms with Crippen LogP contribution in [0.15, 0.2) is 42.5 Å². The van der Waals surface area contributed by atoms with E-state index in [2.05, 4.69) is 16.0 Å². The van der Waals surface area contributed by atoms with Crippen molar-refractivity contribution in [3.05, 3.63) is 59.2 Å². The summed E-state index contributed by atoms with van der Waals surface area (Å²) in [5.41, 5.74) is 4.56. The third-order valence-electron chi connectivity index (χ3n) is 4.46. The molecule has 1 heterocycles. The van der Waals surface area contributed by atoms with E-state index in [0.29, 0.717) is 11.3 Å². The standard InChI is InChI=1S/C19H19N3O2/c23-18(12-1-2-12)21-16-5-7-17(8-6-16)22-19(24)13-3-4-14-10-20-11-15(14)9-13/h3-9,12,20H,1-2,10-11H2,(H,21,23)(H,22,24). The molecule has 3 N–H and O–H groups in total. The van der Waals surface area contributed by atoms with E-state index in [1.165, 1.54) is 11.1 Å². The maximum atomic E-state index is 12.4. The van der Waals surface area contributed by atoms with E-state index in [0.717, 1.165) is 31.6 Å². The van der Waals surface area contributed by atoms with Crippen LogP contribution in [-0.2, 0) is 17.9 Å². The van der Waals surface area contributed by atoms with Crippen LogP contribution < -0.4 is 16.0 Å². The smallest absolute Gasteiger partial charge is 0.255 e. The van der Waals surface area contributed by atoms with Gasteiger partial charge in [0.15, 0.2) is 0 Å². The Kier molecular flexibility index (Phi) is 3.78. The molecule has 0 radical (unpaired) electrons. The molecule has 1 aliphatic heterocycles. The number of amides is 2. The molecule has 0 spiro atoms. The summed E-state index contributed by atoms with van der Waals surface area (Å²) in [7, 11) is 0. The summed E-state index contributed by atoms with van der Waals surface area (Å²) in [5, 5.41) is 9.05. The van der Waals surface area contributed by atoms with E-state index in [1.807, 2.05) is 30.3 Å². The van der Waals surface area contributed by atoms with Gasteiger partial charge in [-0.3, -0.25) is 9.59 Å². The van der Waals surface area contributed by atoms with Crippen molar-refractivity contribution in [1.29, 1.82) is 0 Å². The summed E-state index contributed by atoms with van der Waals surface area (Å²) in [5.74, 6) is 0.136. The first-order chi connectivity index (χ1) is 11.7. The van der Waals surface area contributed by atoms with Gasteiger partial charge >= 0.3 is 0 Å². The lowest BCUT2D eigenvalue weighted by atomic mass is 10.1. The highest BCUT2D eigenvalue weighted by Gasteiger charge is 2.29. The third kappa shape index (κ3) is 3.16. The molecule has 122 valence electrons. The van der Waals surface area contributed by atoms with Gasteiger partial charge in [0.1, 0.15) is 0 Å². The van der Waals surface area contributed by atoms with Crippen molar-refractivity contribution in [3.63, 3.8) is 0 Å². The summed E-state index contributed by atoms with van der Waals surface area (Å²) in [6, 6.07) is 13.0. The van der Waals surface area contributed by atoms with Crippen LogP contribution in [0.4, 0.5) is 11.4 Å². The van der Waals surface area contributed by atoms with Gasteiger partial charge in [-0.15, -0.1) is 0 Å². The lowest BCUT2D eigenvalue weighted by molar-refractivity contribution is -0.117. The van der Waals surface area contributed by atoms with Crippen LogP contribution in [0, 0.1) is 5.92 Å². The van der Waals surface area contributed by atoms with Gasteiger partial charge in [-0.1, -0.05) is 6.07 Å². The zero-order valence-corrected chi connectivity index (χ0v) is 13.3. The van der Waals surface area contributed by atoms with Crippen molar-refractivity contribution in [3.8, 4) is 0 Å². The van der Waals surface area contributed by atoms with Crippen LogP contribution in [-0.4, -0.2) is 11.8 Å². The summed E-state index contributed by atoms with van der Waals surface area (Å²) in [4.78, 5) is 24.1. The molecule has 1 saturated carbocycles. The summed E-state index contributed by atoms with van der Waals surface area (Å²) < 4.78 is 0. The predicted molar refractivity (Wildman–Crippen MR) is 92.7 cm³/mol. The van der Waals surface area contributed by atoms with Gasteiger partial charge in [0.05, 0.1) is 0 Å². The zero-order valence-electron chi connectivity index (χ0n) is 13.3. The van der Waals surface area contributed by atoms with Crippen LogP contribution >= 0.6 is 0 Å². The maximum Gasteiger partial charge on any atom is 0.255 e. The second-order valence-electron chi connectivity index (χ2n) is 6.38. The molecule has 0 aromatic heterocycles. The molecular weight excluding hydrogens is 302 g/mol. The van der Waals surface area contributed by atoms with Crippen LogP contribution in [0.25, 0.3) is 0 Å². The molecule has 2 aliphatic rings. The Morgan fingerprint density at radius 1 is 0.875 bits per heavy atom. The predicted octanol–water partition coefficient (Wildman–Crippen LogP) is 2.89. The Morgan fingerprint density at radius 2 is 1.54 bits per heavy atom. The fraction of sp³-hybridized carbons (Fsp3) is 0.263. The van der Waals surface area contributed by atoms with Crippen molar-refractivity contribution in [2.24, 2.45) is 5.92 Å². The minimum Gasteiger partial charge on any atom is -0.326 e. The Bertz CT molecular complexity index is 795. The van der Waals surface area contributed by atoms with Crippen molar-refractivity contribution in [2.75, 3.05) is 10.6 Å². The highest BCUT2D eigenvalue weighted by atomic mass is 16.2. The molecule has 24 heavy (non-hydrogen) atoms. The second kappa shape index (κ2) is 6.09. The average molecular weight is 321 g/mol. The van der Waals surface area contributed by atoms with Crippen molar-refractivity contribution < 1.29 is 9.59 Å². The van der Waals surface area contributed by atoms with Crippen molar-refractivity contribution >= 4 is 23.2 Å². The Morgan fingerprint density at radius 3 is 2.25 bits per heavy atom. The first kappa shape index (κ1) is 14.9. The van der Waals surface area contributed by atoms with Gasteiger partial charge in [0.2, 0.25) is 5.91 Å². The highest BCUT2D eigenvalue weighted by Crippen LogP contribution is 2.30. The molecule has 5 heteroatoms. The van der Waals surface area contributed by atoms with Crippen LogP contribution in [0.2, 0.25) is 0 Å². The minimum atomic E-state index is -0.125. The Hall–Kier alpha value is -2.66. The lowest BCUT2D eigenvalue weighted by Gasteiger charge is -2.08. The quantitative estimate of drug-likeness (QED) is 0.811. The summed E-state index contributed by atoms with van der Waals surface area (Å²) >= 11 is 0. The van der Waals surface area contributed by atoms with Gasteiger partial charge in [-0.2, -0.15) is 0 Å². The van der Waals surface area contributed by atoms with Gasteiger partial charge in [-0.25, -0.2) is 0 Å². The number of anilines is 2. The van der Waals surface area contributed by atoms with E-state index in [4.69, 9.17) is 0 Å². The van der Waals surface area contributed by atoms with Crippen molar-refractivity contribution in [2.45, 2.75) is 25.9 Å². The van der Waals surface area contributed by atoms with E-state index < -0.39 is 0 Å². The molecular formula is C19H19N3O2. The Balaban J connectivity index is 1.41. The summed E-state index contributed by atoms with van der Waals surface area (Å²) in [6.45, 7) is 1.68. The molecule has 0 bridgehead atoms. The first-order valence-corrected chi connectivity index (χ1v) is 8.24. The van der Waals surface area contributed by atoms with Crippen LogP contribution in [0.5, 0.6) is 0 Å². The van der Waals surface area contributed by atoms with E-state index in [1.54, 1.807) is 12.1 Å². The molecule has 1 fully saturated rings. The fourth-order valence-electron chi connectivity index (χ4n) is 2.87. The summed E-state index contributed by atoms with van der Waals surface area (Å²) in [6.07, 6.45) is 1.96. The number of hydrogen-bond acceptors (Lipinski definition) is 3. The molecule has 2 aromatic carbocycles. The second-order valence-corrected chi connectivity index (χ2v) is 6.38. The molecule has 0 unspecified atom stereocenters. The molecule has 2 amide bonds. The number of carbonyl (C=O) groups is 2. The lowest BCUT2D eigenvalue weighted by Crippen LogP contribution is -2.14.